The van der Waals surface area contributed by atoms with Crippen LogP contribution in [-0.2, 0) is 5.41 Å². The fourth-order valence-electron chi connectivity index (χ4n) is 7.95. The standard InChI is InChI=1S/C29H26.C22H20.C7H12/c1-4-8-28-27(11-7-12-29(28)26-10-6-5-9-22(26)3)25-19-17-24(18-20-25)23-15-13-21(2)14-16-23;1-15-9-11-18-19-12-10-17(16-7-5-4-6-8-16)14-21(19)22(2,3)20(18)13-15;1-4-6-7(3)5-2/h4-20H,1-3H3;4-14H,1-3H3;5H,2-4,6H2,1H3/b8-4+;;. The maximum absolute atomic E-state index is 3.74. The van der Waals surface area contributed by atoms with Crippen molar-refractivity contribution >= 4 is 6.08 Å². The van der Waals surface area contributed by atoms with Gasteiger partial charge < -0.3 is 0 Å². The van der Waals surface area contributed by atoms with Crippen molar-refractivity contribution in [2.45, 2.75) is 66.7 Å². The van der Waals surface area contributed by atoms with Crippen LogP contribution in [0.1, 0.15) is 73.9 Å². The molecule has 0 unspecified atom stereocenters. The SMILES string of the molecule is C/C=C/c1c(-c2ccc(-c3ccc(C)cc3)cc2)cccc1-c1ccccc1C.C=CC(=C)CCC.Cc1ccc2c(c1)C(C)(C)c1cc(-c3ccccc3)ccc1-2. The summed E-state index contributed by atoms with van der Waals surface area (Å²) in [6.07, 6.45) is 8.42. The number of benzene rings is 7. The Hall–Kier alpha value is -6.24. The third-order valence-electron chi connectivity index (χ3n) is 11.3. The molecule has 8 rings (SSSR count). The van der Waals surface area contributed by atoms with Crippen LogP contribution in [0.2, 0.25) is 0 Å². The van der Waals surface area contributed by atoms with Gasteiger partial charge >= 0.3 is 0 Å². The van der Waals surface area contributed by atoms with Crippen molar-refractivity contribution in [2.75, 3.05) is 0 Å². The van der Waals surface area contributed by atoms with Crippen LogP contribution in [-0.4, -0.2) is 0 Å². The van der Waals surface area contributed by atoms with Gasteiger partial charge in [-0.05, 0) is 118 Å². The summed E-state index contributed by atoms with van der Waals surface area (Å²) in [5, 5.41) is 0. The molecule has 58 heavy (non-hydrogen) atoms. The van der Waals surface area contributed by atoms with Crippen LogP contribution in [0.15, 0.2) is 189 Å². The number of allylic oxidation sites excluding steroid dienone is 3. The van der Waals surface area contributed by atoms with E-state index < -0.39 is 0 Å². The van der Waals surface area contributed by atoms with E-state index in [9.17, 15) is 0 Å². The highest BCUT2D eigenvalue weighted by molar-refractivity contribution is 5.88. The summed E-state index contributed by atoms with van der Waals surface area (Å²) in [7, 11) is 0. The fraction of sp³-hybridized carbons (Fsp3) is 0.172. The van der Waals surface area contributed by atoms with E-state index in [0.717, 1.165) is 12.0 Å². The van der Waals surface area contributed by atoms with E-state index in [1.807, 2.05) is 6.08 Å². The normalized spacial score (nSPS) is 12.1. The monoisotopic (exact) mass is 754 g/mol. The predicted octanol–water partition coefficient (Wildman–Crippen LogP) is 16.8. The van der Waals surface area contributed by atoms with Gasteiger partial charge in [-0.15, -0.1) is 0 Å². The molecule has 0 heteroatoms. The van der Waals surface area contributed by atoms with Gasteiger partial charge in [-0.25, -0.2) is 0 Å². The van der Waals surface area contributed by atoms with Gasteiger partial charge in [-0.1, -0.05) is 227 Å². The van der Waals surface area contributed by atoms with Gasteiger partial charge in [0.1, 0.15) is 0 Å². The molecule has 7 aromatic rings. The van der Waals surface area contributed by atoms with Gasteiger partial charge in [0.15, 0.2) is 0 Å². The summed E-state index contributed by atoms with van der Waals surface area (Å²) in [6.45, 7) is 22.7. The molecule has 7 aromatic carbocycles. The second-order valence-electron chi connectivity index (χ2n) is 15.9. The molecule has 0 amide bonds. The number of aryl methyl sites for hydroxylation is 3. The lowest BCUT2D eigenvalue weighted by molar-refractivity contribution is 0.660. The third kappa shape index (κ3) is 9.30. The lowest BCUT2D eigenvalue weighted by Crippen LogP contribution is -2.15. The van der Waals surface area contributed by atoms with E-state index in [2.05, 4.69) is 232 Å². The van der Waals surface area contributed by atoms with E-state index in [1.165, 1.54) is 95.4 Å². The Morgan fingerprint density at radius 2 is 1.03 bits per heavy atom. The van der Waals surface area contributed by atoms with Crippen molar-refractivity contribution in [1.82, 2.24) is 0 Å². The molecular weight excluding hydrogens is 697 g/mol. The molecule has 0 spiro atoms. The topological polar surface area (TPSA) is 0 Å². The van der Waals surface area contributed by atoms with Gasteiger partial charge in [0.25, 0.3) is 0 Å². The highest BCUT2D eigenvalue weighted by Gasteiger charge is 2.35. The fourth-order valence-corrected chi connectivity index (χ4v) is 7.95. The average molecular weight is 755 g/mol. The highest BCUT2D eigenvalue weighted by Crippen LogP contribution is 2.49. The van der Waals surface area contributed by atoms with Crippen LogP contribution in [0.4, 0.5) is 0 Å². The lowest BCUT2D eigenvalue weighted by atomic mass is 9.81. The first-order valence-corrected chi connectivity index (χ1v) is 20.7. The zero-order chi connectivity index (χ0) is 41.2. The molecule has 0 saturated carbocycles. The van der Waals surface area contributed by atoms with Crippen LogP contribution < -0.4 is 0 Å². The first-order valence-electron chi connectivity index (χ1n) is 20.7. The van der Waals surface area contributed by atoms with Crippen LogP contribution in [0.25, 0.3) is 61.7 Å². The van der Waals surface area contributed by atoms with Crippen LogP contribution in [0.3, 0.4) is 0 Å². The summed E-state index contributed by atoms with van der Waals surface area (Å²) < 4.78 is 0. The second-order valence-corrected chi connectivity index (χ2v) is 15.9. The van der Waals surface area contributed by atoms with Gasteiger partial charge in [0.2, 0.25) is 0 Å². The van der Waals surface area contributed by atoms with Crippen molar-refractivity contribution in [3.63, 3.8) is 0 Å². The van der Waals surface area contributed by atoms with Crippen molar-refractivity contribution in [3.05, 3.63) is 222 Å². The summed E-state index contributed by atoms with van der Waals surface area (Å²) in [6, 6.07) is 57.2. The first kappa shape index (κ1) is 41.4. The van der Waals surface area contributed by atoms with E-state index in [4.69, 9.17) is 0 Å². The Morgan fingerprint density at radius 3 is 1.66 bits per heavy atom. The minimum Gasteiger partial charge on any atom is -0.0988 e. The minimum atomic E-state index is 0.0709. The molecule has 0 bridgehead atoms. The van der Waals surface area contributed by atoms with E-state index in [-0.39, 0.29) is 5.41 Å². The summed E-state index contributed by atoms with van der Waals surface area (Å²) in [5.41, 5.74) is 22.2. The van der Waals surface area contributed by atoms with Crippen LogP contribution >= 0.6 is 0 Å². The molecule has 0 radical (unpaired) electrons. The molecule has 1 aliphatic carbocycles. The largest absolute Gasteiger partial charge is 0.0988 e. The number of hydrogen-bond acceptors (Lipinski definition) is 0. The molecule has 290 valence electrons. The quantitative estimate of drug-likeness (QED) is 0.136. The van der Waals surface area contributed by atoms with Crippen molar-refractivity contribution in [2.24, 2.45) is 0 Å². The van der Waals surface area contributed by atoms with Gasteiger partial charge in [-0.2, -0.15) is 0 Å². The van der Waals surface area contributed by atoms with E-state index in [0.29, 0.717) is 0 Å². The Morgan fingerprint density at radius 1 is 0.517 bits per heavy atom. The molecule has 0 nitrogen and oxygen atoms in total. The van der Waals surface area contributed by atoms with E-state index in [1.54, 1.807) is 0 Å². The molecular formula is C58H58. The Balaban J connectivity index is 0.000000172. The van der Waals surface area contributed by atoms with Crippen LogP contribution in [0, 0.1) is 20.8 Å². The van der Waals surface area contributed by atoms with Crippen molar-refractivity contribution in [3.8, 4) is 55.6 Å². The molecule has 1 aliphatic rings. The van der Waals surface area contributed by atoms with Crippen LogP contribution in [0.5, 0.6) is 0 Å². The minimum absolute atomic E-state index is 0.0709. The number of fused-ring (bicyclic) bond motifs is 3. The van der Waals surface area contributed by atoms with Crippen molar-refractivity contribution < 1.29 is 0 Å². The molecule has 0 aliphatic heterocycles. The second kappa shape index (κ2) is 18.8. The Bertz CT molecular complexity index is 2520. The smallest absolute Gasteiger partial charge is 0.0159 e. The maximum atomic E-state index is 3.74. The summed E-state index contributed by atoms with van der Waals surface area (Å²) >= 11 is 0. The molecule has 0 atom stereocenters. The van der Waals surface area contributed by atoms with Gasteiger partial charge in [0.05, 0.1) is 0 Å². The summed E-state index contributed by atoms with van der Waals surface area (Å²) in [5.74, 6) is 0. The average Bonchev–Trinajstić information content (AvgIpc) is 3.47. The number of rotatable bonds is 8. The molecule has 0 N–H and O–H groups in total. The zero-order valence-corrected chi connectivity index (χ0v) is 35.6. The first-order chi connectivity index (χ1) is 28.0. The Labute approximate surface area is 349 Å². The summed E-state index contributed by atoms with van der Waals surface area (Å²) in [4.78, 5) is 0. The molecule has 0 aromatic heterocycles. The molecule has 0 fully saturated rings. The number of hydrogen-bond donors (Lipinski definition) is 0. The Kier molecular flexibility index (Phi) is 13.4. The van der Waals surface area contributed by atoms with Gasteiger partial charge in [-0.3, -0.25) is 0 Å². The lowest BCUT2D eigenvalue weighted by Gasteiger charge is -2.22. The maximum Gasteiger partial charge on any atom is 0.0159 e. The molecule has 0 saturated heterocycles. The third-order valence-corrected chi connectivity index (χ3v) is 11.3. The highest BCUT2D eigenvalue weighted by atomic mass is 14.4. The molecule has 0 heterocycles. The van der Waals surface area contributed by atoms with E-state index >= 15 is 0 Å². The van der Waals surface area contributed by atoms with Crippen molar-refractivity contribution in [1.29, 1.82) is 0 Å². The predicted molar refractivity (Wildman–Crippen MR) is 255 cm³/mol. The van der Waals surface area contributed by atoms with Gasteiger partial charge in [0, 0.05) is 5.41 Å². The zero-order valence-electron chi connectivity index (χ0n) is 35.6.